The maximum Gasteiger partial charge on any atom is 0.234 e. The Hall–Kier alpha value is -2.40. The average Bonchev–Trinajstić information content (AvgIpc) is 3.47. The zero-order chi connectivity index (χ0) is 18.5. The van der Waals surface area contributed by atoms with Crippen LogP contribution in [0.5, 0.6) is 5.75 Å². The van der Waals surface area contributed by atoms with E-state index in [2.05, 4.69) is 5.32 Å². The molecule has 4 nitrogen and oxygen atoms in total. The Bertz CT molecular complexity index is 744. The normalized spacial score (nSPS) is 14.9. The monoisotopic (exact) mass is 356 g/mol. The van der Waals surface area contributed by atoms with Gasteiger partial charge in [-0.25, -0.2) is 4.39 Å². The SMILES string of the molecule is COc1ccc(C(NC(=O)CN(C)Cc2ccccc2F)C2CC2)cc1. The van der Waals surface area contributed by atoms with E-state index in [9.17, 15) is 9.18 Å². The number of rotatable bonds is 8. The van der Waals surface area contributed by atoms with Crippen LogP contribution in [-0.2, 0) is 11.3 Å². The van der Waals surface area contributed by atoms with Crippen molar-refractivity contribution in [1.29, 1.82) is 0 Å². The van der Waals surface area contributed by atoms with Crippen LogP contribution in [0, 0.1) is 11.7 Å². The lowest BCUT2D eigenvalue weighted by Gasteiger charge is -2.22. The van der Waals surface area contributed by atoms with E-state index in [1.165, 1.54) is 6.07 Å². The van der Waals surface area contributed by atoms with Crippen LogP contribution in [0.25, 0.3) is 0 Å². The van der Waals surface area contributed by atoms with Gasteiger partial charge in [-0.3, -0.25) is 9.69 Å². The van der Waals surface area contributed by atoms with E-state index in [0.717, 1.165) is 24.2 Å². The van der Waals surface area contributed by atoms with Crippen LogP contribution in [-0.4, -0.2) is 31.5 Å². The van der Waals surface area contributed by atoms with Crippen LogP contribution >= 0.6 is 0 Å². The Morgan fingerprint density at radius 1 is 1.23 bits per heavy atom. The molecule has 5 heteroatoms. The van der Waals surface area contributed by atoms with Gasteiger partial charge in [0.2, 0.25) is 5.91 Å². The lowest BCUT2D eigenvalue weighted by Crippen LogP contribution is -2.37. The topological polar surface area (TPSA) is 41.6 Å². The van der Waals surface area contributed by atoms with Crippen molar-refractivity contribution in [1.82, 2.24) is 10.2 Å². The summed E-state index contributed by atoms with van der Waals surface area (Å²) in [5.74, 6) is 1.01. The minimum atomic E-state index is -0.242. The van der Waals surface area contributed by atoms with Gasteiger partial charge in [0, 0.05) is 12.1 Å². The molecule has 1 amide bonds. The maximum atomic E-state index is 13.8. The summed E-state index contributed by atoms with van der Waals surface area (Å²) in [5.41, 5.74) is 1.69. The minimum Gasteiger partial charge on any atom is -0.497 e. The van der Waals surface area contributed by atoms with E-state index in [1.807, 2.05) is 36.2 Å². The number of carbonyl (C=O) groups excluding carboxylic acids is 1. The molecule has 2 aromatic rings. The Labute approximate surface area is 154 Å². The van der Waals surface area contributed by atoms with Gasteiger partial charge < -0.3 is 10.1 Å². The third-order valence-corrected chi connectivity index (χ3v) is 4.70. The number of carbonyl (C=O) groups is 1. The molecule has 1 fully saturated rings. The molecular formula is C21H25FN2O2. The molecule has 0 spiro atoms. The van der Waals surface area contributed by atoms with Gasteiger partial charge in [-0.1, -0.05) is 30.3 Å². The van der Waals surface area contributed by atoms with Gasteiger partial charge in [0.15, 0.2) is 0 Å². The van der Waals surface area contributed by atoms with E-state index in [4.69, 9.17) is 4.74 Å². The van der Waals surface area contributed by atoms with E-state index in [-0.39, 0.29) is 24.3 Å². The largest absolute Gasteiger partial charge is 0.497 e. The quantitative estimate of drug-likeness (QED) is 0.787. The molecule has 1 unspecified atom stereocenters. The van der Waals surface area contributed by atoms with E-state index in [1.54, 1.807) is 25.3 Å². The third-order valence-electron chi connectivity index (χ3n) is 4.70. The number of ether oxygens (including phenoxy) is 1. The van der Waals surface area contributed by atoms with Crippen molar-refractivity contribution in [3.63, 3.8) is 0 Å². The second-order valence-corrected chi connectivity index (χ2v) is 6.92. The number of nitrogens with one attached hydrogen (secondary N) is 1. The molecule has 1 aliphatic carbocycles. The minimum absolute atomic E-state index is 0.0234. The summed E-state index contributed by atoms with van der Waals surface area (Å²) in [6.07, 6.45) is 2.25. The van der Waals surface area contributed by atoms with Gasteiger partial charge in [-0.2, -0.15) is 0 Å². The molecule has 0 aliphatic heterocycles. The van der Waals surface area contributed by atoms with Crippen LogP contribution in [0.3, 0.4) is 0 Å². The molecule has 26 heavy (non-hydrogen) atoms. The first-order valence-corrected chi connectivity index (χ1v) is 8.92. The highest BCUT2D eigenvalue weighted by atomic mass is 19.1. The molecule has 0 bridgehead atoms. The number of amides is 1. The second-order valence-electron chi connectivity index (χ2n) is 6.92. The predicted octanol–water partition coefficient (Wildman–Crippen LogP) is 3.53. The van der Waals surface area contributed by atoms with Crippen molar-refractivity contribution >= 4 is 5.91 Å². The summed E-state index contributed by atoms with van der Waals surface area (Å²) >= 11 is 0. The van der Waals surface area contributed by atoms with Gasteiger partial charge in [0.1, 0.15) is 11.6 Å². The number of likely N-dealkylation sites (N-methyl/N-ethyl adjacent to an activating group) is 1. The molecule has 0 saturated heterocycles. The van der Waals surface area contributed by atoms with Crippen molar-refractivity contribution in [2.45, 2.75) is 25.4 Å². The van der Waals surface area contributed by atoms with Crippen molar-refractivity contribution in [3.8, 4) is 5.75 Å². The molecule has 1 saturated carbocycles. The first-order chi connectivity index (χ1) is 12.6. The number of benzene rings is 2. The Balaban J connectivity index is 1.58. The van der Waals surface area contributed by atoms with Crippen LogP contribution in [0.1, 0.15) is 30.0 Å². The summed E-state index contributed by atoms with van der Waals surface area (Å²) in [5, 5.41) is 3.15. The third kappa shape index (κ3) is 4.82. The smallest absolute Gasteiger partial charge is 0.234 e. The molecule has 3 rings (SSSR count). The summed E-state index contributed by atoms with van der Waals surface area (Å²) in [7, 11) is 3.46. The summed E-state index contributed by atoms with van der Waals surface area (Å²) in [6.45, 7) is 0.629. The number of methoxy groups -OCH3 is 1. The molecule has 0 aromatic heterocycles. The van der Waals surface area contributed by atoms with Crippen LogP contribution in [0.2, 0.25) is 0 Å². The molecule has 0 radical (unpaired) electrons. The van der Waals surface area contributed by atoms with E-state index in [0.29, 0.717) is 18.0 Å². The fraction of sp³-hybridized carbons (Fsp3) is 0.381. The number of hydrogen-bond donors (Lipinski definition) is 1. The highest BCUT2D eigenvalue weighted by Crippen LogP contribution is 2.41. The number of halogens is 1. The lowest BCUT2D eigenvalue weighted by atomic mass is 10.0. The van der Waals surface area contributed by atoms with Crippen LogP contribution in [0.15, 0.2) is 48.5 Å². The van der Waals surface area contributed by atoms with Crippen molar-refractivity contribution in [3.05, 3.63) is 65.5 Å². The predicted molar refractivity (Wildman–Crippen MR) is 99.3 cm³/mol. The summed E-state index contributed by atoms with van der Waals surface area (Å²) in [6, 6.07) is 14.5. The van der Waals surface area contributed by atoms with Gasteiger partial charge in [0.05, 0.1) is 19.7 Å². The molecule has 0 heterocycles. The zero-order valence-corrected chi connectivity index (χ0v) is 15.2. The van der Waals surface area contributed by atoms with Gasteiger partial charge >= 0.3 is 0 Å². The maximum absolute atomic E-state index is 13.8. The number of nitrogens with zero attached hydrogens (tertiary/aromatic N) is 1. The highest BCUT2D eigenvalue weighted by molar-refractivity contribution is 5.78. The second kappa shape index (κ2) is 8.32. The Morgan fingerprint density at radius 3 is 2.54 bits per heavy atom. The molecule has 1 atom stereocenters. The number of hydrogen-bond acceptors (Lipinski definition) is 3. The molecule has 1 N–H and O–H groups in total. The average molecular weight is 356 g/mol. The highest BCUT2D eigenvalue weighted by Gasteiger charge is 2.33. The van der Waals surface area contributed by atoms with Crippen molar-refractivity contribution in [2.75, 3.05) is 20.7 Å². The summed E-state index contributed by atoms with van der Waals surface area (Å²) < 4.78 is 19.0. The van der Waals surface area contributed by atoms with Crippen LogP contribution < -0.4 is 10.1 Å². The molecule has 2 aromatic carbocycles. The fourth-order valence-electron chi connectivity index (χ4n) is 3.15. The molecular weight excluding hydrogens is 331 g/mol. The standard InChI is InChI=1S/C21H25FN2O2/c1-24(13-17-5-3-4-6-19(17)22)14-20(25)23-21(15-7-8-15)16-9-11-18(26-2)12-10-16/h3-6,9-12,15,21H,7-8,13-14H2,1-2H3,(H,23,25). The van der Waals surface area contributed by atoms with Crippen molar-refractivity contribution in [2.24, 2.45) is 5.92 Å². The van der Waals surface area contributed by atoms with Crippen LogP contribution in [0.4, 0.5) is 4.39 Å². The molecule has 1 aliphatic rings. The lowest BCUT2D eigenvalue weighted by molar-refractivity contribution is -0.123. The zero-order valence-electron chi connectivity index (χ0n) is 15.2. The summed E-state index contributed by atoms with van der Waals surface area (Å²) in [4.78, 5) is 14.3. The van der Waals surface area contributed by atoms with Gasteiger partial charge in [0.25, 0.3) is 0 Å². The first-order valence-electron chi connectivity index (χ1n) is 8.92. The Kier molecular flexibility index (Phi) is 5.89. The first kappa shape index (κ1) is 18.4. The fourth-order valence-corrected chi connectivity index (χ4v) is 3.15. The van der Waals surface area contributed by atoms with E-state index < -0.39 is 0 Å². The van der Waals surface area contributed by atoms with Crippen molar-refractivity contribution < 1.29 is 13.9 Å². The Morgan fingerprint density at radius 2 is 1.92 bits per heavy atom. The van der Waals surface area contributed by atoms with Gasteiger partial charge in [-0.15, -0.1) is 0 Å². The van der Waals surface area contributed by atoms with Gasteiger partial charge in [-0.05, 0) is 49.6 Å². The molecule has 138 valence electrons. The van der Waals surface area contributed by atoms with E-state index >= 15 is 0 Å².